The lowest BCUT2D eigenvalue weighted by atomic mass is 10.1. The zero-order chi connectivity index (χ0) is 14.8. The van der Waals surface area contributed by atoms with E-state index in [2.05, 4.69) is 4.72 Å². The summed E-state index contributed by atoms with van der Waals surface area (Å²) < 4.78 is 30.2. The number of nitrogens with one attached hydrogen (secondary N) is 1. The first-order chi connectivity index (χ1) is 9.35. The van der Waals surface area contributed by atoms with Gasteiger partial charge < -0.3 is 9.64 Å². The van der Waals surface area contributed by atoms with Crippen LogP contribution in [0.5, 0.6) is 0 Å². The normalized spacial score (nSPS) is 19.7. The average molecular weight is 298 g/mol. The number of amides is 1. The lowest BCUT2D eigenvalue weighted by Gasteiger charge is -2.31. The molecule has 2 rings (SSSR count). The highest BCUT2D eigenvalue weighted by Gasteiger charge is 2.22. The Balaban J connectivity index is 2.16. The lowest BCUT2D eigenvalue weighted by molar-refractivity contribution is -0.0124. The maximum atomic E-state index is 12.4. The van der Waals surface area contributed by atoms with Gasteiger partial charge in [0.05, 0.1) is 19.0 Å². The first-order valence-corrected chi connectivity index (χ1v) is 8.23. The molecule has 1 aliphatic rings. The molecule has 1 atom stereocenters. The van der Waals surface area contributed by atoms with Crippen molar-refractivity contribution < 1.29 is 17.9 Å². The number of morpholine rings is 1. The molecule has 1 saturated heterocycles. The standard InChI is InChI=1S/C13H18N2O4S/c1-10-9-15(6-7-19-10)13(16)11-4-3-5-12(8-11)14-20(2,17)18/h3-5,8,10,14H,6-7,9H2,1-2H3. The fourth-order valence-electron chi connectivity index (χ4n) is 2.12. The van der Waals surface area contributed by atoms with Crippen molar-refractivity contribution in [2.75, 3.05) is 30.7 Å². The SMILES string of the molecule is CC1CN(C(=O)c2cccc(NS(C)(=O)=O)c2)CCO1. The van der Waals surface area contributed by atoms with Crippen molar-refractivity contribution in [2.24, 2.45) is 0 Å². The molecule has 1 aromatic carbocycles. The van der Waals surface area contributed by atoms with Crippen molar-refractivity contribution in [3.63, 3.8) is 0 Å². The van der Waals surface area contributed by atoms with Crippen LogP contribution in [0.2, 0.25) is 0 Å². The Hall–Kier alpha value is -1.60. The number of carbonyl (C=O) groups excluding carboxylic acids is 1. The van der Waals surface area contributed by atoms with E-state index in [1.807, 2.05) is 6.92 Å². The molecule has 110 valence electrons. The van der Waals surface area contributed by atoms with Crippen LogP contribution in [-0.4, -0.2) is 51.3 Å². The highest BCUT2D eigenvalue weighted by Crippen LogP contribution is 2.15. The van der Waals surface area contributed by atoms with Crippen molar-refractivity contribution in [3.05, 3.63) is 29.8 Å². The first kappa shape index (κ1) is 14.8. The summed E-state index contributed by atoms with van der Waals surface area (Å²) in [5.41, 5.74) is 0.854. The molecule has 1 fully saturated rings. The summed E-state index contributed by atoms with van der Waals surface area (Å²) in [6.07, 6.45) is 1.09. The van der Waals surface area contributed by atoms with Gasteiger partial charge in [0.1, 0.15) is 0 Å². The summed E-state index contributed by atoms with van der Waals surface area (Å²) in [6.45, 7) is 3.53. The van der Waals surface area contributed by atoms with Crippen LogP contribution in [0.25, 0.3) is 0 Å². The van der Waals surface area contributed by atoms with Gasteiger partial charge in [0.15, 0.2) is 0 Å². The summed E-state index contributed by atoms with van der Waals surface area (Å²) in [5.74, 6) is -0.114. The Morgan fingerprint density at radius 2 is 2.20 bits per heavy atom. The molecule has 1 heterocycles. The molecular formula is C13H18N2O4S. The van der Waals surface area contributed by atoms with Gasteiger partial charge in [-0.1, -0.05) is 6.07 Å². The Bertz CT molecular complexity index is 600. The number of benzene rings is 1. The number of carbonyl (C=O) groups is 1. The Kier molecular flexibility index (Phi) is 4.29. The predicted molar refractivity (Wildman–Crippen MR) is 76.2 cm³/mol. The minimum absolute atomic E-state index is 0.0185. The van der Waals surface area contributed by atoms with Crippen molar-refractivity contribution in [1.29, 1.82) is 0 Å². The van der Waals surface area contributed by atoms with E-state index in [1.165, 1.54) is 0 Å². The molecule has 1 N–H and O–H groups in total. The zero-order valence-corrected chi connectivity index (χ0v) is 12.3. The number of sulfonamides is 1. The largest absolute Gasteiger partial charge is 0.375 e. The molecule has 1 aliphatic heterocycles. The molecule has 0 radical (unpaired) electrons. The van der Waals surface area contributed by atoms with Crippen LogP contribution >= 0.6 is 0 Å². The average Bonchev–Trinajstić information content (AvgIpc) is 2.36. The van der Waals surface area contributed by atoms with Gasteiger partial charge >= 0.3 is 0 Å². The molecule has 6 nitrogen and oxygen atoms in total. The zero-order valence-electron chi connectivity index (χ0n) is 11.5. The van der Waals surface area contributed by atoms with Crippen molar-refractivity contribution in [1.82, 2.24) is 4.90 Å². The fourth-order valence-corrected chi connectivity index (χ4v) is 2.67. The Morgan fingerprint density at radius 3 is 2.85 bits per heavy atom. The van der Waals surface area contributed by atoms with Crippen LogP contribution in [0.3, 0.4) is 0 Å². The summed E-state index contributed by atoms with van der Waals surface area (Å²) >= 11 is 0. The third-order valence-corrected chi connectivity index (χ3v) is 3.55. The number of rotatable bonds is 3. The smallest absolute Gasteiger partial charge is 0.254 e. The molecule has 0 aromatic heterocycles. The number of nitrogens with zero attached hydrogens (tertiary/aromatic N) is 1. The molecule has 7 heteroatoms. The molecule has 0 saturated carbocycles. The van der Waals surface area contributed by atoms with E-state index >= 15 is 0 Å². The van der Waals surface area contributed by atoms with Crippen molar-refractivity contribution in [3.8, 4) is 0 Å². The van der Waals surface area contributed by atoms with Gasteiger partial charge in [0.2, 0.25) is 10.0 Å². The maximum absolute atomic E-state index is 12.4. The first-order valence-electron chi connectivity index (χ1n) is 6.34. The van der Waals surface area contributed by atoms with E-state index in [0.717, 1.165) is 6.26 Å². The molecule has 20 heavy (non-hydrogen) atoms. The summed E-state index contributed by atoms with van der Waals surface area (Å²) in [4.78, 5) is 14.1. The second-order valence-corrected chi connectivity index (χ2v) is 6.64. The second-order valence-electron chi connectivity index (χ2n) is 4.89. The van der Waals surface area contributed by atoms with Gasteiger partial charge in [-0.3, -0.25) is 9.52 Å². The molecule has 1 amide bonds. The van der Waals surface area contributed by atoms with Gasteiger partial charge in [-0.15, -0.1) is 0 Å². The number of ether oxygens (including phenoxy) is 1. The highest BCUT2D eigenvalue weighted by molar-refractivity contribution is 7.92. The van der Waals surface area contributed by atoms with Gasteiger partial charge in [0, 0.05) is 24.3 Å². The summed E-state index contributed by atoms with van der Waals surface area (Å²) in [7, 11) is -3.35. The van der Waals surface area contributed by atoms with E-state index in [0.29, 0.717) is 30.9 Å². The van der Waals surface area contributed by atoms with Crippen LogP contribution in [0.1, 0.15) is 17.3 Å². The molecule has 0 spiro atoms. The quantitative estimate of drug-likeness (QED) is 0.900. The second kappa shape index (κ2) is 5.80. The highest BCUT2D eigenvalue weighted by atomic mass is 32.2. The maximum Gasteiger partial charge on any atom is 0.254 e. The van der Waals surface area contributed by atoms with Gasteiger partial charge in [-0.25, -0.2) is 8.42 Å². The third-order valence-electron chi connectivity index (χ3n) is 2.94. The molecule has 1 aromatic rings. The predicted octanol–water partition coefficient (Wildman–Crippen LogP) is 0.919. The van der Waals surface area contributed by atoms with Crippen LogP contribution < -0.4 is 4.72 Å². The minimum Gasteiger partial charge on any atom is -0.375 e. The molecular weight excluding hydrogens is 280 g/mol. The number of anilines is 1. The summed E-state index contributed by atoms with van der Waals surface area (Å²) in [5, 5.41) is 0. The number of hydrogen-bond acceptors (Lipinski definition) is 4. The van der Waals surface area contributed by atoms with Crippen LogP contribution in [0.15, 0.2) is 24.3 Å². The topological polar surface area (TPSA) is 75.7 Å². The Morgan fingerprint density at radius 1 is 1.45 bits per heavy atom. The summed E-state index contributed by atoms with van der Waals surface area (Å²) in [6, 6.07) is 6.49. The van der Waals surface area contributed by atoms with Gasteiger partial charge in [-0.2, -0.15) is 0 Å². The van der Waals surface area contributed by atoms with E-state index in [-0.39, 0.29) is 12.0 Å². The van der Waals surface area contributed by atoms with Crippen LogP contribution in [0, 0.1) is 0 Å². The van der Waals surface area contributed by atoms with E-state index in [4.69, 9.17) is 4.74 Å². The van der Waals surface area contributed by atoms with Crippen molar-refractivity contribution in [2.45, 2.75) is 13.0 Å². The molecule has 0 bridgehead atoms. The van der Waals surface area contributed by atoms with Crippen molar-refractivity contribution >= 4 is 21.6 Å². The van der Waals surface area contributed by atoms with Gasteiger partial charge in [0.25, 0.3) is 5.91 Å². The van der Waals surface area contributed by atoms with Gasteiger partial charge in [-0.05, 0) is 25.1 Å². The van der Waals surface area contributed by atoms with Crippen LogP contribution in [-0.2, 0) is 14.8 Å². The third kappa shape index (κ3) is 3.94. The van der Waals surface area contributed by atoms with E-state index in [1.54, 1.807) is 29.2 Å². The number of hydrogen-bond donors (Lipinski definition) is 1. The fraction of sp³-hybridized carbons (Fsp3) is 0.462. The van der Waals surface area contributed by atoms with Crippen LogP contribution in [0.4, 0.5) is 5.69 Å². The molecule has 1 unspecified atom stereocenters. The minimum atomic E-state index is -3.35. The monoisotopic (exact) mass is 298 g/mol. The van der Waals surface area contributed by atoms with E-state index < -0.39 is 10.0 Å². The van der Waals surface area contributed by atoms with E-state index in [9.17, 15) is 13.2 Å². The lowest BCUT2D eigenvalue weighted by Crippen LogP contribution is -2.44. The Labute approximate surface area is 118 Å². The molecule has 0 aliphatic carbocycles.